The van der Waals surface area contributed by atoms with E-state index < -0.39 is 32.5 Å². The number of amides is 2. The maximum atomic E-state index is 13.8. The fraction of sp³-hybridized carbons (Fsp3) is 0.294. The van der Waals surface area contributed by atoms with E-state index >= 15 is 0 Å². The third kappa shape index (κ3) is 4.20. The molecule has 0 spiro atoms. The van der Waals surface area contributed by atoms with Gasteiger partial charge in [-0.2, -0.15) is 13.2 Å². The Morgan fingerprint density at radius 3 is 1.88 bits per heavy atom. The van der Waals surface area contributed by atoms with Crippen molar-refractivity contribution in [1.82, 2.24) is 10.6 Å². The van der Waals surface area contributed by atoms with Gasteiger partial charge in [0.05, 0.1) is 5.57 Å². The number of carbonyl (C=O) groups is 2. The molecule has 0 heterocycles. The molecule has 0 aromatic heterocycles. The van der Waals surface area contributed by atoms with Gasteiger partial charge in [-0.1, -0.05) is 62.2 Å². The molecule has 2 N–H and O–H groups in total. The molecule has 1 aliphatic carbocycles. The van der Waals surface area contributed by atoms with Gasteiger partial charge in [-0.3, -0.25) is 9.59 Å². The van der Waals surface area contributed by atoms with E-state index in [1.807, 2.05) is 0 Å². The number of allylic oxidation sites excluding steroid dienone is 2. The van der Waals surface area contributed by atoms with Gasteiger partial charge in [-0.25, -0.2) is 0 Å². The molecule has 9 heteroatoms. The summed E-state index contributed by atoms with van der Waals surface area (Å²) in [6.45, 7) is 2.30. The Balaban J connectivity index is 2.74. The van der Waals surface area contributed by atoms with Crippen LogP contribution < -0.4 is 10.6 Å². The zero-order valence-corrected chi connectivity index (χ0v) is 16.9. The fourth-order valence-electron chi connectivity index (χ4n) is 2.68. The molecule has 0 unspecified atom stereocenters. The summed E-state index contributed by atoms with van der Waals surface area (Å²) in [5, 5.41) is 4.81. The number of hydrogen-bond acceptors (Lipinski definition) is 2. The number of hydrogen-bond donors (Lipinski definition) is 2. The predicted octanol–water partition coefficient (Wildman–Crippen LogP) is 4.03. The largest absolute Gasteiger partial charge is 0.416 e. The van der Waals surface area contributed by atoms with Crippen LogP contribution in [0.15, 0.2) is 48.1 Å². The Morgan fingerprint density at radius 2 is 1.46 bits per heavy atom. The summed E-state index contributed by atoms with van der Waals surface area (Å²) in [6.07, 6.45) is -2.63. The van der Waals surface area contributed by atoms with Gasteiger partial charge in [0.15, 0.2) is 5.66 Å². The lowest BCUT2D eigenvalue weighted by atomic mass is 9.85. The van der Waals surface area contributed by atoms with E-state index in [0.29, 0.717) is 5.56 Å². The first-order valence-electron chi connectivity index (χ1n) is 7.42. The fourth-order valence-corrected chi connectivity index (χ4v) is 3.76. The number of rotatable bonds is 3. The van der Waals surface area contributed by atoms with Crippen LogP contribution in [-0.4, -0.2) is 26.9 Å². The van der Waals surface area contributed by atoms with E-state index in [1.165, 1.54) is 6.08 Å². The van der Waals surface area contributed by atoms with Crippen molar-refractivity contribution >= 4 is 49.2 Å². The summed E-state index contributed by atoms with van der Waals surface area (Å²) in [5.74, 6) is -1.23. The van der Waals surface area contributed by atoms with Gasteiger partial charge in [0, 0.05) is 13.8 Å². The molecule has 0 saturated heterocycles. The quantitative estimate of drug-likeness (QED) is 0.491. The summed E-state index contributed by atoms with van der Waals surface area (Å²) >= 11 is 6.61. The van der Waals surface area contributed by atoms with E-state index in [9.17, 15) is 22.8 Å². The number of carbonyl (C=O) groups excluding carboxylic acids is 2. The first-order chi connectivity index (χ1) is 11.9. The molecule has 0 radical (unpaired) electrons. The van der Waals surface area contributed by atoms with Crippen molar-refractivity contribution in [3.63, 3.8) is 0 Å². The summed E-state index contributed by atoms with van der Waals surface area (Å²) in [5.41, 5.74) is -2.58. The number of halogens is 5. The van der Waals surface area contributed by atoms with Crippen LogP contribution in [0.3, 0.4) is 0 Å². The zero-order valence-electron chi connectivity index (χ0n) is 13.7. The molecule has 140 valence electrons. The Kier molecular flexibility index (Phi) is 5.72. The summed E-state index contributed by atoms with van der Waals surface area (Å²) in [7, 11) is 0. The lowest BCUT2D eigenvalue weighted by Crippen LogP contribution is -2.68. The van der Waals surface area contributed by atoms with Crippen molar-refractivity contribution in [1.29, 1.82) is 0 Å². The minimum atomic E-state index is -4.71. The Bertz CT molecular complexity index is 771. The van der Waals surface area contributed by atoms with E-state index in [1.54, 1.807) is 30.3 Å². The van der Waals surface area contributed by atoms with Crippen LogP contribution in [0.1, 0.15) is 19.4 Å². The predicted molar refractivity (Wildman–Crippen MR) is 99.5 cm³/mol. The van der Waals surface area contributed by atoms with Gasteiger partial charge in [0.25, 0.3) is 0 Å². The van der Waals surface area contributed by atoms with Crippen LogP contribution in [0, 0.1) is 0 Å². The van der Waals surface area contributed by atoms with Crippen molar-refractivity contribution in [3.8, 4) is 0 Å². The van der Waals surface area contributed by atoms with Crippen LogP contribution in [0.25, 0.3) is 5.57 Å². The van der Waals surface area contributed by atoms with Gasteiger partial charge in [0.1, 0.15) is 3.23 Å². The van der Waals surface area contributed by atoms with Crippen molar-refractivity contribution in [2.45, 2.75) is 28.9 Å². The lowest BCUT2D eigenvalue weighted by Gasteiger charge is -2.44. The zero-order chi connectivity index (χ0) is 19.8. The molecule has 1 aromatic carbocycles. The first-order valence-corrected chi connectivity index (χ1v) is 9.00. The van der Waals surface area contributed by atoms with Crippen LogP contribution in [0.5, 0.6) is 0 Å². The van der Waals surface area contributed by atoms with Crippen LogP contribution in [-0.2, 0) is 9.59 Å². The lowest BCUT2D eigenvalue weighted by molar-refractivity contribution is -0.124. The topological polar surface area (TPSA) is 58.2 Å². The third-order valence-electron chi connectivity index (χ3n) is 3.64. The average Bonchev–Trinajstić information content (AvgIpc) is 2.48. The maximum Gasteiger partial charge on any atom is 0.416 e. The highest BCUT2D eigenvalue weighted by atomic mass is 79.9. The highest BCUT2D eigenvalue weighted by molar-refractivity contribution is 9.25. The average molecular weight is 496 g/mol. The minimum Gasteiger partial charge on any atom is -0.328 e. The molecular weight excluding hydrogens is 481 g/mol. The summed E-state index contributed by atoms with van der Waals surface area (Å²) in [4.78, 5) is 23.3. The van der Waals surface area contributed by atoms with Crippen molar-refractivity contribution in [2.75, 3.05) is 0 Å². The van der Waals surface area contributed by atoms with Crippen LogP contribution in [0.4, 0.5) is 13.2 Å². The van der Waals surface area contributed by atoms with E-state index in [-0.39, 0.29) is 5.57 Å². The second-order valence-electron chi connectivity index (χ2n) is 5.77. The van der Waals surface area contributed by atoms with Gasteiger partial charge in [0.2, 0.25) is 11.8 Å². The van der Waals surface area contributed by atoms with Crippen molar-refractivity contribution < 1.29 is 22.8 Å². The molecule has 0 aliphatic heterocycles. The van der Waals surface area contributed by atoms with Crippen molar-refractivity contribution in [3.05, 3.63) is 53.6 Å². The molecule has 2 rings (SSSR count). The Morgan fingerprint density at radius 1 is 0.962 bits per heavy atom. The second kappa shape index (κ2) is 7.19. The van der Waals surface area contributed by atoms with Gasteiger partial charge < -0.3 is 10.6 Å². The molecule has 0 fully saturated rings. The van der Waals surface area contributed by atoms with E-state index in [0.717, 1.165) is 19.9 Å². The highest BCUT2D eigenvalue weighted by Gasteiger charge is 2.54. The third-order valence-corrected chi connectivity index (χ3v) is 5.35. The smallest absolute Gasteiger partial charge is 0.328 e. The molecule has 0 bridgehead atoms. The maximum absolute atomic E-state index is 13.8. The normalized spacial score (nSPS) is 18.4. The van der Waals surface area contributed by atoms with Crippen LogP contribution in [0.2, 0.25) is 0 Å². The standard InChI is InChI=1S/C17H15Br2F3N2O2/c1-10(25)23-16(24-11(2)26)9-14(17(20,21)22)13(8-15(16,18)19)12-6-4-3-5-7-12/h3-9H,1-2H3,(H,23,25)(H,24,26). The second-order valence-corrected chi connectivity index (χ2v) is 9.34. The first kappa shape index (κ1) is 20.7. The number of alkyl halides is 5. The molecule has 26 heavy (non-hydrogen) atoms. The minimum absolute atomic E-state index is 0.0850. The van der Waals surface area contributed by atoms with Gasteiger partial charge in [-0.05, 0) is 23.3 Å². The number of nitrogens with one attached hydrogen (secondary N) is 2. The molecular formula is C17H15Br2F3N2O2. The van der Waals surface area contributed by atoms with Gasteiger partial charge in [-0.15, -0.1) is 0 Å². The monoisotopic (exact) mass is 494 g/mol. The molecule has 0 atom stereocenters. The van der Waals surface area contributed by atoms with Crippen molar-refractivity contribution in [2.24, 2.45) is 0 Å². The van der Waals surface area contributed by atoms with Gasteiger partial charge >= 0.3 is 6.18 Å². The molecule has 1 aliphatic rings. The molecule has 2 amide bonds. The highest BCUT2D eigenvalue weighted by Crippen LogP contribution is 2.50. The van der Waals surface area contributed by atoms with E-state index in [2.05, 4.69) is 42.5 Å². The number of benzene rings is 1. The van der Waals surface area contributed by atoms with Crippen LogP contribution >= 0.6 is 31.9 Å². The van der Waals surface area contributed by atoms with E-state index in [4.69, 9.17) is 0 Å². The summed E-state index contributed by atoms with van der Waals surface area (Å²) in [6, 6.07) is 8.03. The molecule has 4 nitrogen and oxygen atoms in total. The Labute approximate surface area is 165 Å². The molecule has 1 aromatic rings. The molecule has 0 saturated carbocycles. The Hall–Kier alpha value is -1.61. The summed E-state index contributed by atoms with van der Waals surface area (Å²) < 4.78 is 39.9. The SMILES string of the molecule is CC(=O)NC1(NC(C)=O)C=C(C(F)(F)F)C(c2ccccc2)=CC1(Br)Br.